The maximum Gasteiger partial charge on any atom is 0.252 e. The van der Waals surface area contributed by atoms with Crippen molar-refractivity contribution in [2.45, 2.75) is 0 Å². The van der Waals surface area contributed by atoms with Gasteiger partial charge in [0.05, 0.1) is 5.52 Å². The monoisotopic (exact) mass is 398 g/mol. The van der Waals surface area contributed by atoms with Crippen molar-refractivity contribution in [3.05, 3.63) is 83.3 Å². The van der Waals surface area contributed by atoms with Crippen molar-refractivity contribution in [2.24, 2.45) is 0 Å². The first-order valence-electron chi connectivity index (χ1n) is 10.1. The molecule has 5 rings (SSSR count). The number of piperazine rings is 1. The number of anilines is 1. The lowest BCUT2D eigenvalue weighted by atomic mass is 10.1. The molecule has 2 N–H and O–H groups in total. The van der Waals surface area contributed by atoms with Crippen LogP contribution >= 0.6 is 0 Å². The second-order valence-electron chi connectivity index (χ2n) is 7.31. The minimum atomic E-state index is -0.186. The molecule has 2 aromatic carbocycles. The zero-order chi connectivity index (χ0) is 20.3. The number of hydrogen-bond donors (Lipinski definition) is 2. The zero-order valence-corrected chi connectivity index (χ0v) is 16.5. The summed E-state index contributed by atoms with van der Waals surface area (Å²) in [6.45, 7) is 3.85. The minimum absolute atomic E-state index is 0.186. The number of pyridine rings is 2. The van der Waals surface area contributed by atoms with E-state index in [9.17, 15) is 4.79 Å². The Kier molecular flexibility index (Phi) is 4.91. The first-order valence-corrected chi connectivity index (χ1v) is 10.1. The van der Waals surface area contributed by atoms with E-state index in [4.69, 9.17) is 4.74 Å². The van der Waals surface area contributed by atoms with Gasteiger partial charge in [0.25, 0.3) is 5.56 Å². The van der Waals surface area contributed by atoms with Crippen molar-refractivity contribution in [3.63, 3.8) is 0 Å². The lowest BCUT2D eigenvalue weighted by Crippen LogP contribution is -2.43. The average molecular weight is 398 g/mol. The first kappa shape index (κ1) is 18.4. The van der Waals surface area contributed by atoms with Crippen LogP contribution in [0.15, 0.2) is 77.7 Å². The van der Waals surface area contributed by atoms with E-state index in [1.807, 2.05) is 54.7 Å². The molecular weight excluding hydrogens is 376 g/mol. The summed E-state index contributed by atoms with van der Waals surface area (Å²) < 4.78 is 6.13. The summed E-state index contributed by atoms with van der Waals surface area (Å²) in [6.07, 6.45) is 1.85. The highest BCUT2D eigenvalue weighted by molar-refractivity contribution is 5.85. The third-order valence-electron chi connectivity index (χ3n) is 5.29. The summed E-state index contributed by atoms with van der Waals surface area (Å²) in [5.41, 5.74) is 2.70. The molecule has 0 saturated carbocycles. The van der Waals surface area contributed by atoms with E-state index >= 15 is 0 Å². The highest BCUT2D eigenvalue weighted by Crippen LogP contribution is 2.31. The fraction of sp³-hybridized carbons (Fsp3) is 0.167. The predicted octanol–water partition coefficient (Wildman–Crippen LogP) is 3.79. The summed E-state index contributed by atoms with van der Waals surface area (Å²) in [4.78, 5) is 21.7. The minimum Gasteiger partial charge on any atom is -0.456 e. The number of para-hydroxylation sites is 1. The SMILES string of the molecule is O=c1cc(Oc2cccc(-c3ccnc(N4CCNCC4)c3)c2)c2ccccc2[nH]1. The van der Waals surface area contributed by atoms with E-state index in [1.54, 1.807) is 0 Å². The Morgan fingerprint density at radius 3 is 2.63 bits per heavy atom. The van der Waals surface area contributed by atoms with Crippen molar-refractivity contribution >= 4 is 16.7 Å². The Bertz CT molecular complexity index is 1250. The number of aromatic amines is 1. The number of hydrogen-bond acceptors (Lipinski definition) is 5. The molecule has 6 nitrogen and oxygen atoms in total. The molecule has 0 atom stereocenters. The summed E-state index contributed by atoms with van der Waals surface area (Å²) >= 11 is 0. The van der Waals surface area contributed by atoms with Gasteiger partial charge in [0.1, 0.15) is 17.3 Å². The third kappa shape index (κ3) is 3.77. The molecule has 1 aliphatic rings. The Balaban J connectivity index is 1.46. The molecule has 2 aromatic heterocycles. The normalized spacial score (nSPS) is 14.1. The Morgan fingerprint density at radius 2 is 1.73 bits per heavy atom. The number of rotatable bonds is 4. The van der Waals surface area contributed by atoms with Crippen LogP contribution < -0.4 is 20.5 Å². The summed E-state index contributed by atoms with van der Waals surface area (Å²) in [5, 5.41) is 4.24. The van der Waals surface area contributed by atoms with Crippen LogP contribution in [0.1, 0.15) is 0 Å². The lowest BCUT2D eigenvalue weighted by Gasteiger charge is -2.28. The van der Waals surface area contributed by atoms with Gasteiger partial charge >= 0.3 is 0 Å². The van der Waals surface area contributed by atoms with Gasteiger partial charge in [-0.05, 0) is 47.5 Å². The van der Waals surface area contributed by atoms with Gasteiger partial charge < -0.3 is 19.9 Å². The molecule has 1 saturated heterocycles. The van der Waals surface area contributed by atoms with Crippen LogP contribution in [-0.2, 0) is 0 Å². The van der Waals surface area contributed by atoms with Crippen molar-refractivity contribution in [2.75, 3.05) is 31.1 Å². The highest BCUT2D eigenvalue weighted by atomic mass is 16.5. The number of nitrogens with one attached hydrogen (secondary N) is 2. The third-order valence-corrected chi connectivity index (χ3v) is 5.29. The van der Waals surface area contributed by atoms with E-state index in [0.29, 0.717) is 11.5 Å². The number of ether oxygens (including phenoxy) is 1. The highest BCUT2D eigenvalue weighted by Gasteiger charge is 2.13. The summed E-state index contributed by atoms with van der Waals surface area (Å²) in [5.74, 6) is 2.22. The average Bonchev–Trinajstić information content (AvgIpc) is 2.80. The van der Waals surface area contributed by atoms with E-state index in [0.717, 1.165) is 54.0 Å². The van der Waals surface area contributed by atoms with Crippen molar-refractivity contribution in [1.29, 1.82) is 0 Å². The quantitative estimate of drug-likeness (QED) is 0.547. The summed E-state index contributed by atoms with van der Waals surface area (Å²) in [6, 6.07) is 21.2. The van der Waals surface area contributed by atoms with E-state index < -0.39 is 0 Å². The van der Waals surface area contributed by atoms with E-state index in [1.165, 1.54) is 6.07 Å². The van der Waals surface area contributed by atoms with Crippen LogP contribution in [0.3, 0.4) is 0 Å². The van der Waals surface area contributed by atoms with Gasteiger partial charge in [-0.1, -0.05) is 24.3 Å². The molecule has 30 heavy (non-hydrogen) atoms. The second-order valence-corrected chi connectivity index (χ2v) is 7.31. The summed E-state index contributed by atoms with van der Waals surface area (Å²) in [7, 11) is 0. The van der Waals surface area contributed by atoms with Gasteiger partial charge in [-0.15, -0.1) is 0 Å². The van der Waals surface area contributed by atoms with Crippen LogP contribution in [-0.4, -0.2) is 36.1 Å². The molecule has 6 heteroatoms. The van der Waals surface area contributed by atoms with Gasteiger partial charge in [-0.25, -0.2) is 4.98 Å². The van der Waals surface area contributed by atoms with Crippen LogP contribution in [0.25, 0.3) is 22.0 Å². The van der Waals surface area contributed by atoms with Crippen molar-refractivity contribution in [1.82, 2.24) is 15.3 Å². The molecule has 0 radical (unpaired) electrons. The first-order chi connectivity index (χ1) is 14.8. The van der Waals surface area contributed by atoms with E-state index in [2.05, 4.69) is 32.3 Å². The maximum atomic E-state index is 12.0. The fourth-order valence-electron chi connectivity index (χ4n) is 3.79. The molecular formula is C24H22N4O2. The largest absolute Gasteiger partial charge is 0.456 e. The predicted molar refractivity (Wildman–Crippen MR) is 119 cm³/mol. The molecule has 0 unspecified atom stereocenters. The molecule has 0 amide bonds. The van der Waals surface area contributed by atoms with Crippen molar-refractivity contribution < 1.29 is 4.74 Å². The topological polar surface area (TPSA) is 70.2 Å². The molecule has 150 valence electrons. The second kappa shape index (κ2) is 8.00. The van der Waals surface area contributed by atoms with Crippen molar-refractivity contribution in [3.8, 4) is 22.6 Å². The smallest absolute Gasteiger partial charge is 0.252 e. The lowest BCUT2D eigenvalue weighted by molar-refractivity contribution is 0.487. The van der Waals surface area contributed by atoms with Crippen LogP contribution in [0.5, 0.6) is 11.5 Å². The molecule has 1 fully saturated rings. The number of fused-ring (bicyclic) bond motifs is 1. The van der Waals surface area contributed by atoms with E-state index in [-0.39, 0.29) is 5.56 Å². The zero-order valence-electron chi connectivity index (χ0n) is 16.5. The van der Waals surface area contributed by atoms with Gasteiger partial charge in [0.15, 0.2) is 0 Å². The molecule has 0 bridgehead atoms. The molecule has 0 spiro atoms. The number of aromatic nitrogens is 2. The Hall–Kier alpha value is -3.64. The standard InChI is InChI=1S/C24H22N4O2/c29-24-16-22(20-6-1-2-7-21(20)27-24)30-19-5-3-4-17(14-19)18-8-9-26-23(15-18)28-12-10-25-11-13-28/h1-9,14-16,25H,10-13H2,(H,27,29). The Morgan fingerprint density at radius 1 is 0.900 bits per heavy atom. The van der Waals surface area contributed by atoms with Crippen LogP contribution in [0.2, 0.25) is 0 Å². The molecule has 0 aliphatic carbocycles. The number of nitrogens with zero attached hydrogens (tertiary/aromatic N) is 2. The number of benzene rings is 2. The molecule has 1 aliphatic heterocycles. The van der Waals surface area contributed by atoms with Gasteiger partial charge in [0.2, 0.25) is 0 Å². The van der Waals surface area contributed by atoms with Crippen LogP contribution in [0, 0.1) is 0 Å². The molecule has 4 aromatic rings. The number of H-pyrrole nitrogens is 1. The van der Waals surface area contributed by atoms with Crippen LogP contribution in [0.4, 0.5) is 5.82 Å². The maximum absolute atomic E-state index is 12.0. The van der Waals surface area contributed by atoms with Gasteiger partial charge in [-0.3, -0.25) is 4.79 Å². The fourth-order valence-corrected chi connectivity index (χ4v) is 3.79. The van der Waals surface area contributed by atoms with Gasteiger partial charge in [-0.2, -0.15) is 0 Å². The molecule has 3 heterocycles. The Labute approximate surface area is 174 Å². The van der Waals surface area contributed by atoms with Gasteiger partial charge in [0, 0.05) is 43.8 Å².